The summed E-state index contributed by atoms with van der Waals surface area (Å²) < 4.78 is 0. The lowest BCUT2D eigenvalue weighted by Gasteiger charge is -2.55. The molecule has 0 unspecified atom stereocenters. The molecule has 0 heterocycles. The molecule has 0 radical (unpaired) electrons. The van der Waals surface area contributed by atoms with Crippen LogP contribution in [-0.4, -0.2) is 16.3 Å². The highest BCUT2D eigenvalue weighted by atomic mass is 16.3. The zero-order valence-electron chi connectivity index (χ0n) is 15.0. The number of aryl methyl sites for hydroxylation is 1. The van der Waals surface area contributed by atoms with Crippen molar-refractivity contribution in [2.45, 2.75) is 70.3 Å². The van der Waals surface area contributed by atoms with Crippen molar-refractivity contribution in [2.75, 3.05) is 0 Å². The summed E-state index contributed by atoms with van der Waals surface area (Å²) in [5.41, 5.74) is 3.17. The number of hydrogen-bond donors (Lipinski definition) is 2. The third-order valence-corrected chi connectivity index (χ3v) is 7.35. The number of benzene rings is 1. The number of aromatic hydroxyl groups is 1. The normalized spacial score (nSPS) is 41.0. The number of phenolic OH excluding ortho intramolecular Hbond substituents is 1. The second-order valence-electron chi connectivity index (χ2n) is 8.69. The van der Waals surface area contributed by atoms with Gasteiger partial charge in [0.15, 0.2) is 0 Å². The first kappa shape index (κ1) is 16.2. The molecule has 0 aromatic heterocycles. The molecule has 24 heavy (non-hydrogen) atoms. The van der Waals surface area contributed by atoms with E-state index in [1.807, 2.05) is 12.1 Å². The molecule has 0 saturated heterocycles. The van der Waals surface area contributed by atoms with Gasteiger partial charge in [-0.1, -0.05) is 32.1 Å². The molecule has 2 N–H and O–H groups in total. The topological polar surface area (TPSA) is 40.5 Å². The van der Waals surface area contributed by atoms with Crippen LogP contribution in [0.4, 0.5) is 0 Å². The quantitative estimate of drug-likeness (QED) is 0.771. The number of phenols is 1. The number of allylic oxidation sites excluding steroid dienone is 2. The molecule has 2 fully saturated rings. The predicted molar refractivity (Wildman–Crippen MR) is 97.1 cm³/mol. The Morgan fingerprint density at radius 1 is 1.25 bits per heavy atom. The maximum Gasteiger partial charge on any atom is 0.115 e. The van der Waals surface area contributed by atoms with E-state index in [0.717, 1.165) is 25.7 Å². The fourth-order valence-corrected chi connectivity index (χ4v) is 6.29. The molecule has 0 bridgehead atoms. The zero-order chi connectivity index (χ0) is 16.9. The van der Waals surface area contributed by atoms with Crippen molar-refractivity contribution < 1.29 is 10.2 Å². The lowest BCUT2D eigenvalue weighted by atomic mass is 9.48. The molecule has 0 aliphatic heterocycles. The Balaban J connectivity index is 1.83. The van der Waals surface area contributed by atoms with Crippen molar-refractivity contribution in [3.63, 3.8) is 0 Å². The van der Waals surface area contributed by atoms with E-state index < -0.39 is 0 Å². The van der Waals surface area contributed by atoms with Gasteiger partial charge in [0.05, 0.1) is 6.10 Å². The Kier molecular flexibility index (Phi) is 3.80. The molecule has 1 aromatic carbocycles. The number of rotatable bonds is 2. The Morgan fingerprint density at radius 2 is 2.08 bits per heavy atom. The lowest BCUT2D eigenvalue weighted by molar-refractivity contribution is 0.0274. The van der Waals surface area contributed by atoms with Crippen molar-refractivity contribution >= 4 is 0 Å². The standard InChI is InChI=1S/C22H30O2/c1-3-4-9-22-11-10-21(2)14-17(24)13-20(21)19(22)7-5-15-12-16(23)6-8-18(15)22/h4,6,8-9,12,17,19-20,23-24H,3,5,7,10-11,13-14H2,1-2H3/b9-4+/t17-,19+,20+,21-,22-/m1/s1. The lowest BCUT2D eigenvalue weighted by Crippen LogP contribution is -2.49. The summed E-state index contributed by atoms with van der Waals surface area (Å²) in [6.45, 7) is 4.61. The van der Waals surface area contributed by atoms with Gasteiger partial charge in [-0.25, -0.2) is 0 Å². The summed E-state index contributed by atoms with van der Waals surface area (Å²) in [5.74, 6) is 1.62. The molecule has 0 amide bonds. The van der Waals surface area contributed by atoms with Crippen molar-refractivity contribution in [3.8, 4) is 5.75 Å². The first-order valence-electron chi connectivity index (χ1n) is 9.67. The molecule has 3 aliphatic rings. The molecular formula is C22H30O2. The second-order valence-corrected chi connectivity index (χ2v) is 8.69. The molecule has 2 saturated carbocycles. The third kappa shape index (κ3) is 2.26. The number of hydrogen-bond acceptors (Lipinski definition) is 2. The highest BCUT2D eigenvalue weighted by molar-refractivity contribution is 5.46. The van der Waals surface area contributed by atoms with Crippen LogP contribution >= 0.6 is 0 Å². The van der Waals surface area contributed by atoms with Gasteiger partial charge in [0.2, 0.25) is 0 Å². The minimum atomic E-state index is -0.118. The number of aliphatic hydroxyl groups excluding tert-OH is 1. The summed E-state index contributed by atoms with van der Waals surface area (Å²) in [5, 5.41) is 20.3. The van der Waals surface area contributed by atoms with Gasteiger partial charge in [-0.2, -0.15) is 0 Å². The van der Waals surface area contributed by atoms with Crippen LogP contribution in [-0.2, 0) is 11.8 Å². The fourth-order valence-electron chi connectivity index (χ4n) is 6.29. The minimum absolute atomic E-state index is 0.103. The Hall–Kier alpha value is -1.28. The van der Waals surface area contributed by atoms with Crippen LogP contribution in [0.3, 0.4) is 0 Å². The summed E-state index contributed by atoms with van der Waals surface area (Å²) in [7, 11) is 0. The van der Waals surface area contributed by atoms with E-state index in [4.69, 9.17) is 0 Å². The van der Waals surface area contributed by atoms with Crippen molar-refractivity contribution in [1.29, 1.82) is 0 Å². The van der Waals surface area contributed by atoms with E-state index in [9.17, 15) is 10.2 Å². The second kappa shape index (κ2) is 5.62. The van der Waals surface area contributed by atoms with Crippen LogP contribution in [0.5, 0.6) is 5.75 Å². The Bertz CT molecular complexity index is 664. The monoisotopic (exact) mass is 326 g/mol. The Labute approximate surface area is 145 Å². The third-order valence-electron chi connectivity index (χ3n) is 7.35. The molecule has 3 aliphatic carbocycles. The van der Waals surface area contributed by atoms with Crippen LogP contribution in [0.1, 0.15) is 63.5 Å². The van der Waals surface area contributed by atoms with Crippen LogP contribution in [0.15, 0.2) is 30.4 Å². The largest absolute Gasteiger partial charge is 0.508 e. The summed E-state index contributed by atoms with van der Waals surface area (Å²) in [6, 6.07) is 6.01. The summed E-state index contributed by atoms with van der Waals surface area (Å²) in [4.78, 5) is 0. The van der Waals surface area contributed by atoms with Crippen molar-refractivity contribution in [1.82, 2.24) is 0 Å². The average molecular weight is 326 g/mol. The SMILES string of the molecule is CC/C=C/[C@]12CC[C@]3(C)C[C@H](O)C[C@H]3[C@@H]1CCc1cc(O)ccc12. The average Bonchev–Trinajstić information content (AvgIpc) is 2.86. The summed E-state index contributed by atoms with van der Waals surface area (Å²) in [6.07, 6.45) is 12.3. The van der Waals surface area contributed by atoms with E-state index in [2.05, 4.69) is 32.1 Å². The van der Waals surface area contributed by atoms with Gasteiger partial charge in [-0.3, -0.25) is 0 Å². The van der Waals surface area contributed by atoms with Gasteiger partial charge >= 0.3 is 0 Å². The van der Waals surface area contributed by atoms with E-state index in [-0.39, 0.29) is 11.5 Å². The van der Waals surface area contributed by atoms with Crippen LogP contribution in [0.2, 0.25) is 0 Å². The highest BCUT2D eigenvalue weighted by Crippen LogP contribution is 2.63. The van der Waals surface area contributed by atoms with Crippen molar-refractivity contribution in [2.24, 2.45) is 17.3 Å². The maximum absolute atomic E-state index is 10.4. The number of fused-ring (bicyclic) bond motifs is 5. The maximum atomic E-state index is 10.4. The molecule has 0 spiro atoms. The van der Waals surface area contributed by atoms with Crippen LogP contribution < -0.4 is 0 Å². The van der Waals surface area contributed by atoms with Gasteiger partial charge < -0.3 is 10.2 Å². The Morgan fingerprint density at radius 3 is 2.88 bits per heavy atom. The first-order chi connectivity index (χ1) is 11.5. The van der Waals surface area contributed by atoms with Gasteiger partial charge in [-0.05, 0) is 85.5 Å². The van der Waals surface area contributed by atoms with E-state index in [1.165, 1.54) is 30.4 Å². The van der Waals surface area contributed by atoms with Crippen LogP contribution in [0, 0.1) is 17.3 Å². The molecule has 5 atom stereocenters. The minimum Gasteiger partial charge on any atom is -0.508 e. The first-order valence-corrected chi connectivity index (χ1v) is 9.67. The molecular weight excluding hydrogens is 296 g/mol. The fraction of sp³-hybridized carbons (Fsp3) is 0.636. The zero-order valence-corrected chi connectivity index (χ0v) is 15.0. The van der Waals surface area contributed by atoms with Crippen LogP contribution in [0.25, 0.3) is 0 Å². The predicted octanol–water partition coefficient (Wildman–Crippen LogP) is 4.73. The number of aliphatic hydroxyl groups is 1. The molecule has 2 heteroatoms. The van der Waals surface area contributed by atoms with Crippen molar-refractivity contribution in [3.05, 3.63) is 41.5 Å². The smallest absolute Gasteiger partial charge is 0.115 e. The van der Waals surface area contributed by atoms with E-state index >= 15 is 0 Å². The van der Waals surface area contributed by atoms with Gasteiger partial charge in [-0.15, -0.1) is 0 Å². The molecule has 1 aromatic rings. The molecule has 4 rings (SSSR count). The molecule has 130 valence electrons. The van der Waals surface area contributed by atoms with E-state index in [0.29, 0.717) is 23.0 Å². The van der Waals surface area contributed by atoms with Gasteiger partial charge in [0, 0.05) is 5.41 Å². The van der Waals surface area contributed by atoms with E-state index in [1.54, 1.807) is 0 Å². The molecule has 2 nitrogen and oxygen atoms in total. The highest BCUT2D eigenvalue weighted by Gasteiger charge is 2.57. The van der Waals surface area contributed by atoms with Gasteiger partial charge in [0.1, 0.15) is 5.75 Å². The summed E-state index contributed by atoms with van der Waals surface area (Å²) >= 11 is 0. The van der Waals surface area contributed by atoms with Gasteiger partial charge in [0.25, 0.3) is 0 Å².